The Kier molecular flexibility index (Phi) is 6.51. The summed E-state index contributed by atoms with van der Waals surface area (Å²) in [5.74, 6) is -1.21. The number of ether oxygens (including phenoxy) is 1. The van der Waals surface area contributed by atoms with E-state index in [2.05, 4.69) is 10.1 Å². The SMILES string of the molecule is COC(=O)CS(=O)(=O)CCCNC(C)C. The fourth-order valence-electron chi connectivity index (χ4n) is 0.993. The zero-order valence-corrected chi connectivity index (χ0v) is 10.3. The van der Waals surface area contributed by atoms with Gasteiger partial charge in [0, 0.05) is 6.04 Å². The van der Waals surface area contributed by atoms with Crippen LogP contribution in [0.1, 0.15) is 20.3 Å². The first-order chi connectivity index (χ1) is 6.87. The molecule has 0 amide bonds. The van der Waals surface area contributed by atoms with Gasteiger partial charge in [0.15, 0.2) is 9.84 Å². The number of hydrogen-bond donors (Lipinski definition) is 1. The number of carbonyl (C=O) groups is 1. The van der Waals surface area contributed by atoms with E-state index in [0.29, 0.717) is 19.0 Å². The molecular weight excluding hydrogens is 218 g/mol. The van der Waals surface area contributed by atoms with Gasteiger partial charge in [-0.1, -0.05) is 13.8 Å². The second-order valence-electron chi connectivity index (χ2n) is 3.63. The molecule has 0 aromatic carbocycles. The number of rotatable bonds is 7. The molecule has 15 heavy (non-hydrogen) atoms. The summed E-state index contributed by atoms with van der Waals surface area (Å²) in [5.41, 5.74) is 0. The van der Waals surface area contributed by atoms with E-state index >= 15 is 0 Å². The summed E-state index contributed by atoms with van der Waals surface area (Å²) in [6.45, 7) is 4.62. The third kappa shape index (κ3) is 8.38. The van der Waals surface area contributed by atoms with E-state index in [0.717, 1.165) is 0 Å². The van der Waals surface area contributed by atoms with Crippen molar-refractivity contribution in [3.8, 4) is 0 Å². The molecule has 0 radical (unpaired) electrons. The lowest BCUT2D eigenvalue weighted by Crippen LogP contribution is -2.27. The van der Waals surface area contributed by atoms with Gasteiger partial charge in [-0.2, -0.15) is 0 Å². The predicted octanol–water partition coefficient (Wildman–Crippen LogP) is -0.0377. The first kappa shape index (κ1) is 14.4. The molecule has 0 heterocycles. The molecule has 0 aliphatic rings. The molecule has 0 aliphatic heterocycles. The minimum absolute atomic E-state index is 0.0157. The molecule has 0 aromatic rings. The Morgan fingerprint density at radius 3 is 2.47 bits per heavy atom. The van der Waals surface area contributed by atoms with E-state index in [9.17, 15) is 13.2 Å². The summed E-state index contributed by atoms with van der Waals surface area (Å²) >= 11 is 0. The third-order valence-electron chi connectivity index (χ3n) is 1.75. The van der Waals surface area contributed by atoms with Crippen molar-refractivity contribution in [1.29, 1.82) is 0 Å². The zero-order chi connectivity index (χ0) is 11.9. The maximum atomic E-state index is 11.3. The highest BCUT2D eigenvalue weighted by Crippen LogP contribution is 1.95. The summed E-state index contributed by atoms with van der Waals surface area (Å²) in [6.07, 6.45) is 0.511. The molecule has 0 saturated heterocycles. The van der Waals surface area contributed by atoms with Crippen LogP contribution in [0.25, 0.3) is 0 Å². The van der Waals surface area contributed by atoms with Crippen LogP contribution in [-0.4, -0.2) is 45.6 Å². The number of methoxy groups -OCH3 is 1. The summed E-state index contributed by atoms with van der Waals surface area (Å²) in [4.78, 5) is 10.8. The van der Waals surface area contributed by atoms with E-state index in [4.69, 9.17) is 0 Å². The molecule has 0 fully saturated rings. The highest BCUT2D eigenvalue weighted by atomic mass is 32.2. The fourth-order valence-corrected chi connectivity index (χ4v) is 2.20. The highest BCUT2D eigenvalue weighted by molar-refractivity contribution is 7.92. The van der Waals surface area contributed by atoms with Crippen molar-refractivity contribution in [2.24, 2.45) is 0 Å². The standard InChI is InChI=1S/C9H19NO4S/c1-8(2)10-5-4-6-15(12,13)7-9(11)14-3/h8,10H,4-7H2,1-3H3. The van der Waals surface area contributed by atoms with Crippen molar-refractivity contribution in [3.63, 3.8) is 0 Å². The van der Waals surface area contributed by atoms with Gasteiger partial charge in [0.25, 0.3) is 0 Å². The van der Waals surface area contributed by atoms with Crippen LogP contribution in [0.5, 0.6) is 0 Å². The monoisotopic (exact) mass is 237 g/mol. The molecular formula is C9H19NO4S. The molecule has 0 rings (SSSR count). The minimum atomic E-state index is -3.31. The average molecular weight is 237 g/mol. The van der Waals surface area contributed by atoms with Gasteiger partial charge in [-0.05, 0) is 13.0 Å². The maximum Gasteiger partial charge on any atom is 0.320 e. The van der Waals surface area contributed by atoms with Gasteiger partial charge in [0.1, 0.15) is 5.75 Å². The molecule has 90 valence electrons. The van der Waals surface area contributed by atoms with Crippen molar-refractivity contribution < 1.29 is 17.9 Å². The van der Waals surface area contributed by atoms with E-state index in [1.165, 1.54) is 7.11 Å². The predicted molar refractivity (Wildman–Crippen MR) is 58.4 cm³/mol. The highest BCUT2D eigenvalue weighted by Gasteiger charge is 2.16. The molecule has 0 aliphatic carbocycles. The van der Waals surface area contributed by atoms with Gasteiger partial charge >= 0.3 is 5.97 Å². The third-order valence-corrected chi connectivity index (χ3v) is 3.34. The van der Waals surface area contributed by atoms with Crippen LogP contribution >= 0.6 is 0 Å². The Balaban J connectivity index is 3.80. The van der Waals surface area contributed by atoms with Crippen LogP contribution in [0.3, 0.4) is 0 Å². The van der Waals surface area contributed by atoms with Crippen molar-refractivity contribution >= 4 is 15.8 Å². The maximum absolute atomic E-state index is 11.3. The smallest absolute Gasteiger partial charge is 0.320 e. The van der Waals surface area contributed by atoms with E-state index in [1.54, 1.807) is 0 Å². The summed E-state index contributed by atoms with van der Waals surface area (Å²) in [6, 6.07) is 0.341. The first-order valence-corrected chi connectivity index (χ1v) is 6.70. The quantitative estimate of drug-likeness (QED) is 0.497. The topological polar surface area (TPSA) is 72.5 Å². The van der Waals surface area contributed by atoms with Crippen molar-refractivity contribution in [2.75, 3.05) is 25.2 Å². The van der Waals surface area contributed by atoms with Crippen LogP contribution in [-0.2, 0) is 19.4 Å². The van der Waals surface area contributed by atoms with Crippen LogP contribution in [0, 0.1) is 0 Å². The van der Waals surface area contributed by atoms with Gasteiger partial charge in [0.05, 0.1) is 12.9 Å². The minimum Gasteiger partial charge on any atom is -0.468 e. The molecule has 0 spiro atoms. The molecule has 0 aromatic heterocycles. The summed E-state index contributed by atoms with van der Waals surface area (Å²) in [5, 5.41) is 3.10. The molecule has 0 bridgehead atoms. The first-order valence-electron chi connectivity index (χ1n) is 4.88. The second-order valence-corrected chi connectivity index (χ2v) is 5.81. The molecule has 1 N–H and O–H groups in total. The molecule has 0 atom stereocenters. The Bertz CT molecular complexity index is 284. The van der Waals surface area contributed by atoms with Gasteiger partial charge in [-0.25, -0.2) is 8.42 Å². The lowest BCUT2D eigenvalue weighted by molar-refractivity contribution is -0.137. The van der Waals surface area contributed by atoms with Crippen molar-refractivity contribution in [3.05, 3.63) is 0 Å². The normalized spacial score (nSPS) is 11.7. The second kappa shape index (κ2) is 6.79. The zero-order valence-electron chi connectivity index (χ0n) is 9.45. The number of esters is 1. The summed E-state index contributed by atoms with van der Waals surface area (Å²) < 4.78 is 26.9. The van der Waals surface area contributed by atoms with E-state index in [-0.39, 0.29) is 5.75 Å². The van der Waals surface area contributed by atoms with Gasteiger partial charge < -0.3 is 10.1 Å². The van der Waals surface area contributed by atoms with Crippen LogP contribution in [0.15, 0.2) is 0 Å². The van der Waals surface area contributed by atoms with Crippen LogP contribution in [0.4, 0.5) is 0 Å². The lowest BCUT2D eigenvalue weighted by Gasteiger charge is -2.07. The van der Waals surface area contributed by atoms with Crippen molar-refractivity contribution in [2.45, 2.75) is 26.3 Å². The summed E-state index contributed by atoms with van der Waals surface area (Å²) in [7, 11) is -2.13. The van der Waals surface area contributed by atoms with Gasteiger partial charge in [-0.15, -0.1) is 0 Å². The van der Waals surface area contributed by atoms with Gasteiger partial charge in [-0.3, -0.25) is 4.79 Å². The number of nitrogens with one attached hydrogen (secondary N) is 1. The Morgan fingerprint density at radius 2 is 2.00 bits per heavy atom. The number of carbonyl (C=O) groups excluding carboxylic acids is 1. The Hall–Kier alpha value is -0.620. The lowest BCUT2D eigenvalue weighted by atomic mass is 10.4. The Labute approximate surface area is 91.1 Å². The van der Waals surface area contributed by atoms with E-state index < -0.39 is 21.6 Å². The number of hydrogen-bond acceptors (Lipinski definition) is 5. The molecule has 0 saturated carbocycles. The fraction of sp³-hybridized carbons (Fsp3) is 0.889. The van der Waals surface area contributed by atoms with Gasteiger partial charge in [0.2, 0.25) is 0 Å². The van der Waals surface area contributed by atoms with E-state index in [1.807, 2.05) is 13.8 Å². The molecule has 0 unspecified atom stereocenters. The molecule has 5 nitrogen and oxygen atoms in total. The Morgan fingerprint density at radius 1 is 1.40 bits per heavy atom. The van der Waals surface area contributed by atoms with Crippen molar-refractivity contribution in [1.82, 2.24) is 5.32 Å². The van der Waals surface area contributed by atoms with Crippen LogP contribution < -0.4 is 5.32 Å². The molecule has 6 heteroatoms. The largest absolute Gasteiger partial charge is 0.468 e. The van der Waals surface area contributed by atoms with Crippen LogP contribution in [0.2, 0.25) is 0 Å². The average Bonchev–Trinajstić information content (AvgIpc) is 2.11. The number of sulfone groups is 1.